The van der Waals surface area contributed by atoms with E-state index < -0.39 is 6.10 Å². The number of likely N-dealkylation sites (N-methyl/N-ethyl adjacent to an activating group) is 1. The molecule has 0 radical (unpaired) electrons. The van der Waals surface area contributed by atoms with Crippen LogP contribution < -0.4 is 9.64 Å². The van der Waals surface area contributed by atoms with Gasteiger partial charge in [-0.05, 0) is 24.5 Å². The van der Waals surface area contributed by atoms with Crippen LogP contribution in [-0.2, 0) is 4.79 Å². The Hall–Kier alpha value is -1.51. The van der Waals surface area contributed by atoms with E-state index in [0.717, 1.165) is 17.0 Å². The maximum Gasteiger partial charge on any atom is 0.267 e. The van der Waals surface area contributed by atoms with E-state index in [9.17, 15) is 4.79 Å². The fourth-order valence-corrected chi connectivity index (χ4v) is 2.01. The maximum absolute atomic E-state index is 11.8. The molecule has 16 heavy (non-hydrogen) atoms. The van der Waals surface area contributed by atoms with E-state index in [1.165, 1.54) is 0 Å². The van der Waals surface area contributed by atoms with Crippen LogP contribution in [0.4, 0.5) is 5.69 Å². The molecule has 0 aliphatic carbocycles. The highest BCUT2D eigenvalue weighted by Gasteiger charge is 2.30. The number of carbonyl (C=O) groups excluding carboxylic acids is 1. The van der Waals surface area contributed by atoms with Crippen LogP contribution in [0.2, 0.25) is 0 Å². The molecule has 1 heterocycles. The van der Waals surface area contributed by atoms with E-state index in [4.69, 9.17) is 4.74 Å². The van der Waals surface area contributed by atoms with Crippen molar-refractivity contribution in [2.24, 2.45) is 0 Å². The number of rotatable bonds is 1. The lowest BCUT2D eigenvalue weighted by Crippen LogP contribution is -2.42. The summed E-state index contributed by atoms with van der Waals surface area (Å²) in [6.07, 6.45) is -0.391. The second kappa shape index (κ2) is 3.81. The molecular weight excluding hydrogens is 202 g/mol. The van der Waals surface area contributed by atoms with Crippen molar-refractivity contribution in [1.82, 2.24) is 0 Å². The first-order valence-corrected chi connectivity index (χ1v) is 5.59. The Labute approximate surface area is 96.0 Å². The highest BCUT2D eigenvalue weighted by Crippen LogP contribution is 2.39. The van der Waals surface area contributed by atoms with Gasteiger partial charge in [0.25, 0.3) is 5.91 Å². The van der Waals surface area contributed by atoms with Crippen molar-refractivity contribution in [1.29, 1.82) is 0 Å². The lowest BCUT2D eigenvalue weighted by molar-refractivity contribution is -0.125. The predicted molar refractivity (Wildman–Crippen MR) is 64.0 cm³/mol. The summed E-state index contributed by atoms with van der Waals surface area (Å²) in [6, 6.07) is 5.95. The molecule has 1 atom stereocenters. The van der Waals surface area contributed by atoms with Crippen molar-refractivity contribution in [3.05, 3.63) is 23.8 Å². The van der Waals surface area contributed by atoms with Crippen LogP contribution in [0, 0.1) is 0 Å². The Bertz CT molecular complexity index is 426. The third-order valence-corrected chi connectivity index (χ3v) is 2.98. The average Bonchev–Trinajstić information content (AvgIpc) is 2.25. The highest BCUT2D eigenvalue weighted by atomic mass is 16.5. The van der Waals surface area contributed by atoms with E-state index in [2.05, 4.69) is 19.9 Å². The van der Waals surface area contributed by atoms with E-state index >= 15 is 0 Å². The molecule has 0 fully saturated rings. The number of amides is 1. The molecule has 86 valence electrons. The second-order valence-electron chi connectivity index (χ2n) is 4.51. The summed E-state index contributed by atoms with van der Waals surface area (Å²) in [5.41, 5.74) is 2.03. The molecule has 1 amide bonds. The van der Waals surface area contributed by atoms with Gasteiger partial charge in [-0.25, -0.2) is 0 Å². The Morgan fingerprint density at radius 2 is 2.06 bits per heavy atom. The van der Waals surface area contributed by atoms with E-state index in [-0.39, 0.29) is 5.91 Å². The molecular formula is C13H17NO2. The molecule has 0 saturated heterocycles. The maximum atomic E-state index is 11.8. The zero-order valence-corrected chi connectivity index (χ0v) is 10.2. The van der Waals surface area contributed by atoms with Gasteiger partial charge in [-0.2, -0.15) is 0 Å². The molecule has 3 heteroatoms. The van der Waals surface area contributed by atoms with Crippen molar-refractivity contribution in [2.45, 2.75) is 32.8 Å². The lowest BCUT2D eigenvalue weighted by atomic mass is 10.00. The molecule has 1 aliphatic heterocycles. The van der Waals surface area contributed by atoms with Gasteiger partial charge >= 0.3 is 0 Å². The fraction of sp³-hybridized carbons (Fsp3) is 0.462. The third-order valence-electron chi connectivity index (χ3n) is 2.98. The fourth-order valence-electron chi connectivity index (χ4n) is 2.01. The van der Waals surface area contributed by atoms with Crippen LogP contribution in [-0.4, -0.2) is 19.1 Å². The topological polar surface area (TPSA) is 29.5 Å². The zero-order valence-electron chi connectivity index (χ0n) is 10.2. The second-order valence-corrected chi connectivity index (χ2v) is 4.51. The third kappa shape index (κ3) is 1.56. The molecule has 0 N–H and O–H groups in total. The minimum Gasteiger partial charge on any atom is -0.478 e. The number of carbonyl (C=O) groups is 1. The molecule has 0 aromatic heterocycles. The van der Waals surface area contributed by atoms with Crippen molar-refractivity contribution in [2.75, 3.05) is 11.9 Å². The van der Waals surface area contributed by atoms with E-state index in [1.54, 1.807) is 18.9 Å². The molecule has 3 nitrogen and oxygen atoms in total. The van der Waals surface area contributed by atoms with Gasteiger partial charge in [0, 0.05) is 7.05 Å². The van der Waals surface area contributed by atoms with Crippen LogP contribution >= 0.6 is 0 Å². The predicted octanol–water partition coefficient (Wildman–Crippen LogP) is 2.55. The van der Waals surface area contributed by atoms with Gasteiger partial charge in [0.2, 0.25) is 0 Å². The number of anilines is 1. The average molecular weight is 219 g/mol. The van der Waals surface area contributed by atoms with E-state index in [1.807, 2.05) is 12.1 Å². The van der Waals surface area contributed by atoms with Crippen LogP contribution in [0.15, 0.2) is 18.2 Å². The quantitative estimate of drug-likeness (QED) is 0.726. The summed E-state index contributed by atoms with van der Waals surface area (Å²) in [7, 11) is 1.80. The molecule has 1 unspecified atom stereocenters. The number of hydrogen-bond donors (Lipinski definition) is 0. The van der Waals surface area contributed by atoms with Gasteiger partial charge in [0.1, 0.15) is 5.75 Å². The SMILES string of the molecule is CC1Oc2c(C(C)C)cccc2N(C)C1=O. The summed E-state index contributed by atoms with van der Waals surface area (Å²) in [5.74, 6) is 1.25. The number of nitrogens with zero attached hydrogens (tertiary/aromatic N) is 1. The van der Waals surface area contributed by atoms with Crippen molar-refractivity contribution >= 4 is 11.6 Å². The highest BCUT2D eigenvalue weighted by molar-refractivity contribution is 5.99. The molecule has 1 aromatic rings. The summed E-state index contributed by atoms with van der Waals surface area (Å²) < 4.78 is 5.72. The normalized spacial score (nSPS) is 19.7. The summed E-state index contributed by atoms with van der Waals surface area (Å²) in [6.45, 7) is 6.04. The number of hydrogen-bond acceptors (Lipinski definition) is 2. The number of ether oxygens (including phenoxy) is 1. The van der Waals surface area contributed by atoms with Gasteiger partial charge in [0.15, 0.2) is 6.10 Å². The number of benzene rings is 1. The molecule has 2 rings (SSSR count). The summed E-state index contributed by atoms with van der Waals surface area (Å²) in [4.78, 5) is 13.4. The Morgan fingerprint density at radius 1 is 1.38 bits per heavy atom. The smallest absolute Gasteiger partial charge is 0.267 e. The molecule has 0 saturated carbocycles. The molecule has 0 bridgehead atoms. The summed E-state index contributed by atoms with van der Waals surface area (Å²) in [5, 5.41) is 0. The number of para-hydroxylation sites is 1. The molecule has 1 aromatic carbocycles. The zero-order chi connectivity index (χ0) is 11.9. The van der Waals surface area contributed by atoms with Crippen LogP contribution in [0.25, 0.3) is 0 Å². The van der Waals surface area contributed by atoms with Gasteiger partial charge < -0.3 is 9.64 Å². The van der Waals surface area contributed by atoms with Crippen LogP contribution in [0.3, 0.4) is 0 Å². The largest absolute Gasteiger partial charge is 0.478 e. The first-order chi connectivity index (χ1) is 7.52. The van der Waals surface area contributed by atoms with Gasteiger partial charge in [0.05, 0.1) is 5.69 Å². The first-order valence-electron chi connectivity index (χ1n) is 5.59. The van der Waals surface area contributed by atoms with Gasteiger partial charge in [-0.15, -0.1) is 0 Å². The Morgan fingerprint density at radius 3 is 2.69 bits per heavy atom. The molecule has 0 spiro atoms. The monoisotopic (exact) mass is 219 g/mol. The summed E-state index contributed by atoms with van der Waals surface area (Å²) >= 11 is 0. The minimum absolute atomic E-state index is 0.00778. The minimum atomic E-state index is -0.391. The van der Waals surface area contributed by atoms with E-state index in [0.29, 0.717) is 5.92 Å². The Kier molecular flexibility index (Phi) is 2.62. The van der Waals surface area contributed by atoms with Crippen molar-refractivity contribution < 1.29 is 9.53 Å². The first kappa shape index (κ1) is 11.0. The molecule has 1 aliphatic rings. The van der Waals surface area contributed by atoms with Crippen LogP contribution in [0.5, 0.6) is 5.75 Å². The van der Waals surface area contributed by atoms with Gasteiger partial charge in [-0.1, -0.05) is 26.0 Å². The van der Waals surface area contributed by atoms with Crippen molar-refractivity contribution in [3.8, 4) is 5.75 Å². The number of fused-ring (bicyclic) bond motifs is 1. The standard InChI is InChI=1S/C13H17NO2/c1-8(2)10-6-5-7-11-12(10)16-9(3)13(15)14(11)4/h5-9H,1-4H3. The van der Waals surface area contributed by atoms with Gasteiger partial charge in [-0.3, -0.25) is 4.79 Å². The van der Waals surface area contributed by atoms with Crippen molar-refractivity contribution in [3.63, 3.8) is 0 Å². The Balaban J connectivity index is 2.55. The lowest BCUT2D eigenvalue weighted by Gasteiger charge is -2.32. The van der Waals surface area contributed by atoms with Crippen LogP contribution in [0.1, 0.15) is 32.3 Å².